The summed E-state index contributed by atoms with van der Waals surface area (Å²) in [7, 11) is 0. The number of aromatic nitrogens is 2. The lowest BCUT2D eigenvalue weighted by atomic mass is 10.1. The normalized spacial score (nSPS) is 10.7. The first-order chi connectivity index (χ1) is 12.1. The van der Waals surface area contributed by atoms with Gasteiger partial charge in [-0.05, 0) is 49.1 Å². The van der Waals surface area contributed by atoms with Gasteiger partial charge < -0.3 is 10.1 Å². The van der Waals surface area contributed by atoms with E-state index in [1.165, 1.54) is 6.20 Å². The molecule has 0 atom stereocenters. The van der Waals surface area contributed by atoms with Gasteiger partial charge in [-0.2, -0.15) is 11.3 Å². The molecule has 0 radical (unpaired) electrons. The first-order valence-electron chi connectivity index (χ1n) is 8.00. The third-order valence-electron chi connectivity index (χ3n) is 3.45. The Morgan fingerprint density at radius 3 is 2.80 bits per heavy atom. The molecular weight excluding hydrogens is 334 g/mol. The summed E-state index contributed by atoms with van der Waals surface area (Å²) in [5.41, 5.74) is 3.49. The molecule has 5 nitrogen and oxygen atoms in total. The summed E-state index contributed by atoms with van der Waals surface area (Å²) >= 11 is 1.63. The number of rotatable bonds is 6. The van der Waals surface area contributed by atoms with Gasteiger partial charge in [0, 0.05) is 35.9 Å². The Morgan fingerprint density at radius 2 is 2.12 bits per heavy atom. The minimum absolute atomic E-state index is 0.0521. The van der Waals surface area contributed by atoms with Crippen LogP contribution in [0.3, 0.4) is 0 Å². The molecule has 128 valence electrons. The number of nitrogens with one attached hydrogen (secondary N) is 1. The summed E-state index contributed by atoms with van der Waals surface area (Å²) in [5.74, 6) is 0.346. The molecule has 3 aromatic rings. The van der Waals surface area contributed by atoms with Gasteiger partial charge in [-0.1, -0.05) is 0 Å². The van der Waals surface area contributed by atoms with Crippen molar-refractivity contribution in [3.8, 4) is 17.1 Å². The van der Waals surface area contributed by atoms with Crippen LogP contribution in [0.25, 0.3) is 11.3 Å². The van der Waals surface area contributed by atoms with Crippen molar-refractivity contribution in [3.63, 3.8) is 0 Å². The fourth-order valence-corrected chi connectivity index (χ4v) is 2.91. The summed E-state index contributed by atoms with van der Waals surface area (Å²) in [6, 6.07) is 9.33. The zero-order valence-electron chi connectivity index (χ0n) is 14.1. The van der Waals surface area contributed by atoms with Gasteiger partial charge >= 0.3 is 0 Å². The summed E-state index contributed by atoms with van der Waals surface area (Å²) in [4.78, 5) is 20.8. The zero-order valence-corrected chi connectivity index (χ0v) is 14.9. The van der Waals surface area contributed by atoms with E-state index in [0.29, 0.717) is 18.0 Å². The highest BCUT2D eigenvalue weighted by Gasteiger charge is 2.08. The molecule has 3 heterocycles. The predicted octanol–water partition coefficient (Wildman–Crippen LogP) is 3.92. The first-order valence-corrected chi connectivity index (χ1v) is 8.94. The van der Waals surface area contributed by atoms with Crippen molar-refractivity contribution >= 4 is 17.2 Å². The van der Waals surface area contributed by atoms with Crippen LogP contribution >= 0.6 is 11.3 Å². The van der Waals surface area contributed by atoms with Gasteiger partial charge in [0.25, 0.3) is 5.91 Å². The van der Waals surface area contributed by atoms with Crippen molar-refractivity contribution in [2.45, 2.75) is 26.5 Å². The molecule has 0 aliphatic heterocycles. The Morgan fingerprint density at radius 1 is 1.24 bits per heavy atom. The minimum Gasteiger partial charge on any atom is -0.475 e. The van der Waals surface area contributed by atoms with E-state index in [-0.39, 0.29) is 12.0 Å². The molecule has 1 amide bonds. The van der Waals surface area contributed by atoms with Gasteiger partial charge in [-0.15, -0.1) is 0 Å². The zero-order chi connectivity index (χ0) is 17.6. The van der Waals surface area contributed by atoms with Crippen LogP contribution in [0, 0.1) is 0 Å². The second-order valence-electron chi connectivity index (χ2n) is 5.80. The number of amides is 1. The number of carbonyl (C=O) groups is 1. The average Bonchev–Trinajstić information content (AvgIpc) is 3.15. The molecule has 0 spiro atoms. The molecule has 3 rings (SSSR count). The van der Waals surface area contributed by atoms with E-state index in [9.17, 15) is 4.79 Å². The Bertz CT molecular complexity index is 830. The highest BCUT2D eigenvalue weighted by atomic mass is 32.1. The lowest BCUT2D eigenvalue weighted by molar-refractivity contribution is 0.0950. The van der Waals surface area contributed by atoms with E-state index in [2.05, 4.69) is 20.7 Å². The van der Waals surface area contributed by atoms with Crippen molar-refractivity contribution in [2.75, 3.05) is 0 Å². The van der Waals surface area contributed by atoms with E-state index < -0.39 is 0 Å². The van der Waals surface area contributed by atoms with Gasteiger partial charge in [0.2, 0.25) is 5.88 Å². The Labute approximate surface area is 150 Å². The molecule has 0 saturated heterocycles. The lowest BCUT2D eigenvalue weighted by Gasteiger charge is -2.09. The summed E-state index contributed by atoms with van der Waals surface area (Å²) in [6.07, 6.45) is 3.33. The SMILES string of the molecule is CC(C)Oc1ccc(C(=O)NCc2ccnc(-c3ccsc3)c2)cn1. The number of carbonyl (C=O) groups excluding carboxylic acids is 1. The number of hydrogen-bond donors (Lipinski definition) is 1. The predicted molar refractivity (Wildman–Crippen MR) is 98.7 cm³/mol. The fourth-order valence-electron chi connectivity index (χ4n) is 2.26. The molecule has 0 aromatic carbocycles. The van der Waals surface area contributed by atoms with Gasteiger partial charge in [0.05, 0.1) is 17.4 Å². The maximum absolute atomic E-state index is 12.3. The second kappa shape index (κ2) is 7.90. The van der Waals surface area contributed by atoms with Gasteiger partial charge in [0.1, 0.15) is 0 Å². The largest absolute Gasteiger partial charge is 0.475 e. The fraction of sp³-hybridized carbons (Fsp3) is 0.211. The van der Waals surface area contributed by atoms with Crippen molar-refractivity contribution < 1.29 is 9.53 Å². The molecular formula is C19H19N3O2S. The molecule has 0 aliphatic carbocycles. The topological polar surface area (TPSA) is 64.1 Å². The van der Waals surface area contributed by atoms with Crippen LogP contribution in [0.5, 0.6) is 5.88 Å². The number of ether oxygens (including phenoxy) is 1. The third-order valence-corrected chi connectivity index (χ3v) is 4.13. The van der Waals surface area contributed by atoms with E-state index in [0.717, 1.165) is 16.8 Å². The highest BCUT2D eigenvalue weighted by Crippen LogP contribution is 2.20. The number of pyridine rings is 2. The molecule has 6 heteroatoms. The molecule has 0 fully saturated rings. The van der Waals surface area contributed by atoms with E-state index in [4.69, 9.17) is 4.74 Å². The van der Waals surface area contributed by atoms with Crippen LogP contribution in [0.15, 0.2) is 53.5 Å². The number of nitrogens with zero attached hydrogens (tertiary/aromatic N) is 2. The van der Waals surface area contributed by atoms with Crippen LogP contribution in [0.1, 0.15) is 29.8 Å². The summed E-state index contributed by atoms with van der Waals surface area (Å²) < 4.78 is 5.48. The number of hydrogen-bond acceptors (Lipinski definition) is 5. The van der Waals surface area contributed by atoms with Crippen LogP contribution in [0.4, 0.5) is 0 Å². The van der Waals surface area contributed by atoms with E-state index in [1.807, 2.05) is 37.4 Å². The molecule has 0 aliphatic rings. The highest BCUT2D eigenvalue weighted by molar-refractivity contribution is 7.08. The van der Waals surface area contributed by atoms with Gasteiger partial charge in [-0.3, -0.25) is 9.78 Å². The molecule has 3 aromatic heterocycles. The van der Waals surface area contributed by atoms with Crippen LogP contribution in [-0.2, 0) is 6.54 Å². The molecule has 25 heavy (non-hydrogen) atoms. The third kappa shape index (κ3) is 4.64. The smallest absolute Gasteiger partial charge is 0.253 e. The second-order valence-corrected chi connectivity index (χ2v) is 6.58. The summed E-state index contributed by atoms with van der Waals surface area (Å²) in [6.45, 7) is 4.30. The Hall–Kier alpha value is -2.73. The van der Waals surface area contributed by atoms with E-state index >= 15 is 0 Å². The molecule has 1 N–H and O–H groups in total. The van der Waals surface area contributed by atoms with Crippen LogP contribution in [-0.4, -0.2) is 22.0 Å². The monoisotopic (exact) mass is 353 g/mol. The van der Waals surface area contributed by atoms with Gasteiger partial charge in [0.15, 0.2) is 0 Å². The summed E-state index contributed by atoms with van der Waals surface area (Å²) in [5, 5.41) is 6.97. The van der Waals surface area contributed by atoms with Crippen molar-refractivity contribution in [1.82, 2.24) is 15.3 Å². The molecule has 0 saturated carbocycles. The standard InChI is InChI=1S/C19H19N3O2S/c1-13(2)24-18-4-3-15(11-21-18)19(23)22-10-14-5-7-20-17(9-14)16-6-8-25-12-16/h3-9,11-13H,10H2,1-2H3,(H,22,23). The first kappa shape index (κ1) is 17.1. The molecule has 0 unspecified atom stereocenters. The van der Waals surface area contributed by atoms with E-state index in [1.54, 1.807) is 29.7 Å². The maximum Gasteiger partial charge on any atom is 0.253 e. The van der Waals surface area contributed by atoms with Gasteiger partial charge in [-0.25, -0.2) is 4.98 Å². The van der Waals surface area contributed by atoms with Crippen molar-refractivity contribution in [3.05, 3.63) is 64.6 Å². The van der Waals surface area contributed by atoms with Crippen molar-refractivity contribution in [1.29, 1.82) is 0 Å². The minimum atomic E-state index is -0.169. The quantitative estimate of drug-likeness (QED) is 0.729. The van der Waals surface area contributed by atoms with Crippen LogP contribution < -0.4 is 10.1 Å². The van der Waals surface area contributed by atoms with Crippen molar-refractivity contribution in [2.24, 2.45) is 0 Å². The Balaban J connectivity index is 1.61. The lowest BCUT2D eigenvalue weighted by Crippen LogP contribution is -2.23. The maximum atomic E-state index is 12.3. The van der Waals surface area contributed by atoms with Crippen LogP contribution in [0.2, 0.25) is 0 Å². The Kier molecular flexibility index (Phi) is 5.40. The average molecular weight is 353 g/mol. The number of thiophene rings is 1. The molecule has 0 bridgehead atoms.